The van der Waals surface area contributed by atoms with E-state index >= 15 is 0 Å². The average Bonchev–Trinajstić information content (AvgIpc) is 2.53. The van der Waals surface area contributed by atoms with Gasteiger partial charge in [-0.15, -0.1) is 0 Å². The monoisotopic (exact) mass is 416 g/mol. The van der Waals surface area contributed by atoms with Crippen LogP contribution in [0.25, 0.3) is 0 Å². The maximum Gasteiger partial charge on any atom is 0.224 e. The zero-order valence-corrected chi connectivity index (χ0v) is 16.4. The fourth-order valence-electron chi connectivity index (χ4n) is 2.78. The van der Waals surface area contributed by atoms with Crippen LogP contribution in [0.1, 0.15) is 12.6 Å². The van der Waals surface area contributed by atoms with Crippen molar-refractivity contribution in [2.45, 2.75) is 23.6 Å². The molecule has 10 heteroatoms. The van der Waals surface area contributed by atoms with E-state index in [9.17, 15) is 8.42 Å². The average molecular weight is 417 g/mol. The Morgan fingerprint density at radius 1 is 1.31 bits per heavy atom. The van der Waals surface area contributed by atoms with Gasteiger partial charge in [0.25, 0.3) is 0 Å². The van der Waals surface area contributed by atoms with Gasteiger partial charge in [-0.2, -0.15) is 0 Å². The highest BCUT2D eigenvalue weighted by molar-refractivity contribution is 7.90. The molecule has 0 amide bonds. The van der Waals surface area contributed by atoms with Crippen molar-refractivity contribution in [1.29, 1.82) is 0 Å². The fourth-order valence-corrected chi connectivity index (χ4v) is 4.84. The Bertz CT molecular complexity index is 924. The SMILES string of the molecule is C[C@H]1COCCN1c1cc(CS(=O)(=O)c2ccc(N)cc2Cl)nc(Cl)n1. The summed E-state index contributed by atoms with van der Waals surface area (Å²) in [6.45, 7) is 3.78. The predicted octanol–water partition coefficient (Wildman–Crippen LogP) is 2.56. The zero-order valence-electron chi connectivity index (χ0n) is 14.0. The first kappa shape index (κ1) is 19.2. The van der Waals surface area contributed by atoms with Crippen molar-refractivity contribution in [1.82, 2.24) is 9.97 Å². The first-order valence-corrected chi connectivity index (χ1v) is 10.3. The van der Waals surface area contributed by atoms with Crippen molar-refractivity contribution in [3.05, 3.63) is 40.3 Å². The molecule has 0 saturated carbocycles. The van der Waals surface area contributed by atoms with Crippen LogP contribution >= 0.6 is 23.2 Å². The van der Waals surface area contributed by atoms with Gasteiger partial charge in [0.1, 0.15) is 5.82 Å². The van der Waals surface area contributed by atoms with Crippen LogP contribution in [0.5, 0.6) is 0 Å². The third-order valence-electron chi connectivity index (χ3n) is 4.03. The van der Waals surface area contributed by atoms with Gasteiger partial charge in [-0.25, -0.2) is 18.4 Å². The number of rotatable bonds is 4. The molecule has 0 bridgehead atoms. The Hall–Kier alpha value is -1.61. The van der Waals surface area contributed by atoms with Gasteiger partial charge < -0.3 is 15.4 Å². The molecule has 1 aliphatic rings. The first-order chi connectivity index (χ1) is 12.3. The molecule has 7 nitrogen and oxygen atoms in total. The minimum atomic E-state index is -3.72. The standard InChI is InChI=1S/C16H18Cl2N4O3S/c1-10-8-25-5-4-22(10)15-7-12(20-16(18)21-15)9-26(23,24)14-3-2-11(19)6-13(14)17/h2-3,6-7,10H,4-5,8-9,19H2,1H3/t10-/m0/s1. The predicted molar refractivity (Wildman–Crippen MR) is 101 cm³/mol. The molecule has 1 fully saturated rings. The van der Waals surface area contributed by atoms with Crippen molar-refractivity contribution in [2.75, 3.05) is 30.4 Å². The van der Waals surface area contributed by atoms with E-state index in [4.69, 9.17) is 33.7 Å². The van der Waals surface area contributed by atoms with Gasteiger partial charge in [0.2, 0.25) is 5.28 Å². The van der Waals surface area contributed by atoms with Crippen LogP contribution in [0.15, 0.2) is 29.2 Å². The second-order valence-corrected chi connectivity index (χ2v) is 8.76. The van der Waals surface area contributed by atoms with E-state index in [1.165, 1.54) is 18.2 Å². The van der Waals surface area contributed by atoms with Crippen LogP contribution in [0, 0.1) is 0 Å². The van der Waals surface area contributed by atoms with Crippen molar-refractivity contribution >= 4 is 44.5 Å². The smallest absolute Gasteiger partial charge is 0.224 e. The third-order valence-corrected chi connectivity index (χ3v) is 6.32. The van der Waals surface area contributed by atoms with Crippen LogP contribution in [-0.4, -0.2) is 44.2 Å². The number of anilines is 2. The number of aromatic nitrogens is 2. The summed E-state index contributed by atoms with van der Waals surface area (Å²) in [4.78, 5) is 10.3. The number of sulfone groups is 1. The van der Waals surface area contributed by atoms with Crippen molar-refractivity contribution < 1.29 is 13.2 Å². The Kier molecular flexibility index (Phi) is 5.57. The number of ether oxygens (including phenoxy) is 1. The highest BCUT2D eigenvalue weighted by atomic mass is 35.5. The Morgan fingerprint density at radius 2 is 2.08 bits per heavy atom. The lowest BCUT2D eigenvalue weighted by Crippen LogP contribution is -2.44. The number of benzene rings is 1. The van der Waals surface area contributed by atoms with Crippen LogP contribution in [-0.2, 0) is 20.3 Å². The molecule has 0 spiro atoms. The number of nitrogen functional groups attached to an aromatic ring is 1. The Morgan fingerprint density at radius 3 is 2.77 bits per heavy atom. The summed E-state index contributed by atoms with van der Waals surface area (Å²) in [6.07, 6.45) is 0. The second-order valence-electron chi connectivity index (χ2n) is 6.05. The highest BCUT2D eigenvalue weighted by Gasteiger charge is 2.24. The van der Waals surface area contributed by atoms with Crippen LogP contribution < -0.4 is 10.6 Å². The van der Waals surface area contributed by atoms with Crippen LogP contribution in [0.4, 0.5) is 11.5 Å². The number of halogens is 2. The molecule has 140 valence electrons. The summed E-state index contributed by atoms with van der Waals surface area (Å²) >= 11 is 12.1. The summed E-state index contributed by atoms with van der Waals surface area (Å²) in [5.74, 6) is 0.235. The van der Waals surface area contributed by atoms with E-state index in [-0.39, 0.29) is 27.0 Å². The lowest BCUT2D eigenvalue weighted by molar-refractivity contribution is 0.0985. The molecule has 26 heavy (non-hydrogen) atoms. The molecular weight excluding hydrogens is 399 g/mol. The molecular formula is C16H18Cl2N4O3S. The minimum absolute atomic E-state index is 0.00407. The van der Waals surface area contributed by atoms with E-state index in [0.717, 1.165) is 0 Å². The summed E-state index contributed by atoms with van der Waals surface area (Å²) in [5, 5.41) is 0.0713. The summed E-state index contributed by atoms with van der Waals surface area (Å²) in [5.41, 5.74) is 6.31. The maximum atomic E-state index is 12.7. The fraction of sp³-hybridized carbons (Fsp3) is 0.375. The maximum absolute atomic E-state index is 12.7. The second kappa shape index (κ2) is 7.56. The summed E-state index contributed by atoms with van der Waals surface area (Å²) < 4.78 is 30.9. The number of hydrogen-bond acceptors (Lipinski definition) is 7. The molecule has 2 N–H and O–H groups in total. The molecule has 2 aromatic rings. The zero-order chi connectivity index (χ0) is 18.9. The Balaban J connectivity index is 1.92. The lowest BCUT2D eigenvalue weighted by Gasteiger charge is -2.34. The van der Waals surface area contributed by atoms with Gasteiger partial charge >= 0.3 is 0 Å². The van der Waals surface area contributed by atoms with Crippen LogP contribution in [0.2, 0.25) is 10.3 Å². The van der Waals surface area contributed by atoms with Gasteiger partial charge in [0, 0.05) is 18.3 Å². The largest absolute Gasteiger partial charge is 0.399 e. The Labute approximate surface area is 162 Å². The number of nitrogens with zero attached hydrogens (tertiary/aromatic N) is 3. The molecule has 0 aliphatic carbocycles. The van der Waals surface area contributed by atoms with Crippen LogP contribution in [0.3, 0.4) is 0 Å². The number of hydrogen-bond donors (Lipinski definition) is 1. The van der Waals surface area contributed by atoms with Crippen molar-refractivity contribution in [3.8, 4) is 0 Å². The molecule has 0 unspecified atom stereocenters. The quantitative estimate of drug-likeness (QED) is 0.603. The molecule has 1 aliphatic heterocycles. The molecule has 1 saturated heterocycles. The third kappa shape index (κ3) is 4.20. The summed E-state index contributed by atoms with van der Waals surface area (Å²) in [7, 11) is -3.72. The topological polar surface area (TPSA) is 98.4 Å². The van der Waals surface area contributed by atoms with Gasteiger partial charge in [-0.3, -0.25) is 0 Å². The minimum Gasteiger partial charge on any atom is -0.399 e. The normalized spacial score (nSPS) is 18.1. The van der Waals surface area contributed by atoms with E-state index < -0.39 is 9.84 Å². The van der Waals surface area contributed by atoms with E-state index in [0.29, 0.717) is 37.0 Å². The first-order valence-electron chi connectivity index (χ1n) is 7.92. The van der Waals surface area contributed by atoms with E-state index in [1.54, 1.807) is 6.07 Å². The summed E-state index contributed by atoms with van der Waals surface area (Å²) in [6, 6.07) is 6.03. The molecule has 1 atom stereocenters. The molecule has 2 heterocycles. The molecule has 3 rings (SSSR count). The molecule has 1 aromatic heterocycles. The van der Waals surface area contributed by atoms with Gasteiger partial charge in [-0.05, 0) is 36.7 Å². The lowest BCUT2D eigenvalue weighted by atomic mass is 10.2. The van der Waals surface area contributed by atoms with Gasteiger partial charge in [0.05, 0.1) is 40.6 Å². The highest BCUT2D eigenvalue weighted by Crippen LogP contribution is 2.28. The van der Waals surface area contributed by atoms with Gasteiger partial charge in [-0.1, -0.05) is 11.6 Å². The van der Waals surface area contributed by atoms with Crippen molar-refractivity contribution in [2.24, 2.45) is 0 Å². The van der Waals surface area contributed by atoms with Gasteiger partial charge in [0.15, 0.2) is 9.84 Å². The van der Waals surface area contributed by atoms with E-state index in [2.05, 4.69) is 9.97 Å². The molecule has 0 radical (unpaired) electrons. The number of morpholine rings is 1. The van der Waals surface area contributed by atoms with Crippen molar-refractivity contribution in [3.63, 3.8) is 0 Å². The van der Waals surface area contributed by atoms with E-state index in [1.807, 2.05) is 11.8 Å². The molecule has 1 aromatic carbocycles. The number of nitrogens with two attached hydrogens (primary N) is 1.